The fraction of sp³-hybridized carbons (Fsp3) is 0.600. The minimum absolute atomic E-state index is 0.281. The van der Waals surface area contributed by atoms with Crippen LogP contribution in [0, 0.1) is 0 Å². The zero-order chi connectivity index (χ0) is 16.1. The maximum absolute atomic E-state index is 10.1. The fourth-order valence-electron chi connectivity index (χ4n) is 2.40. The highest BCUT2D eigenvalue weighted by atomic mass is 16.7. The zero-order valence-corrected chi connectivity index (χ0v) is 12.4. The molecule has 2 rings (SSSR count). The van der Waals surface area contributed by atoms with Gasteiger partial charge in [-0.15, -0.1) is 0 Å². The number of aliphatic hydroxyl groups excluding tert-OH is 4. The minimum Gasteiger partial charge on any atom is -0.394 e. The third-order valence-electron chi connectivity index (χ3n) is 3.70. The van der Waals surface area contributed by atoms with Crippen LogP contribution in [-0.2, 0) is 16.2 Å². The molecular weight excluding hydrogens is 290 g/mol. The monoisotopic (exact) mass is 313 g/mol. The second-order valence-corrected chi connectivity index (χ2v) is 5.21. The second-order valence-electron chi connectivity index (χ2n) is 5.21. The highest BCUT2D eigenvalue weighted by Crippen LogP contribution is 2.24. The molecule has 1 fully saturated rings. The molecule has 0 unspecified atom stereocenters. The van der Waals surface area contributed by atoms with E-state index in [1.807, 2.05) is 37.3 Å². The van der Waals surface area contributed by atoms with E-state index in [0.29, 0.717) is 6.54 Å². The summed E-state index contributed by atoms with van der Waals surface area (Å²) in [6.45, 7) is 2.03. The smallest absolute Gasteiger partial charge is 0.162 e. The van der Waals surface area contributed by atoms with Crippen LogP contribution in [0.25, 0.3) is 0 Å². The van der Waals surface area contributed by atoms with Crippen molar-refractivity contribution in [1.82, 2.24) is 5.06 Å². The largest absolute Gasteiger partial charge is 0.394 e. The molecule has 0 bridgehead atoms. The molecule has 1 heterocycles. The third kappa shape index (κ3) is 3.82. The van der Waals surface area contributed by atoms with E-state index in [1.54, 1.807) is 0 Å². The van der Waals surface area contributed by atoms with Crippen molar-refractivity contribution < 1.29 is 30.0 Å². The van der Waals surface area contributed by atoms with Gasteiger partial charge in [-0.25, -0.2) is 0 Å². The standard InChI is InChI=1S/C15H23NO6/c1-2-16(21-9-10-6-4-3-5-7-10)15-14(20)13(19)12(18)11(8-17)22-15/h3-7,11-15,17-20H,2,8-9H2,1H3/t11-,12-,13+,14-,15-/m1/s1. The molecule has 1 aliphatic rings. The summed E-state index contributed by atoms with van der Waals surface area (Å²) in [7, 11) is 0. The van der Waals surface area contributed by atoms with E-state index >= 15 is 0 Å². The van der Waals surface area contributed by atoms with E-state index in [2.05, 4.69) is 0 Å². The molecule has 1 aromatic rings. The lowest BCUT2D eigenvalue weighted by Crippen LogP contribution is -2.63. The first-order valence-corrected chi connectivity index (χ1v) is 7.32. The summed E-state index contributed by atoms with van der Waals surface area (Å²) in [6, 6.07) is 9.49. The predicted molar refractivity (Wildman–Crippen MR) is 77.4 cm³/mol. The van der Waals surface area contributed by atoms with Gasteiger partial charge in [0, 0.05) is 6.54 Å². The van der Waals surface area contributed by atoms with Gasteiger partial charge in [-0.2, -0.15) is 5.06 Å². The van der Waals surface area contributed by atoms with E-state index in [9.17, 15) is 20.4 Å². The summed E-state index contributed by atoms with van der Waals surface area (Å²) < 4.78 is 5.46. The molecule has 22 heavy (non-hydrogen) atoms. The van der Waals surface area contributed by atoms with Gasteiger partial charge in [-0.05, 0) is 12.5 Å². The van der Waals surface area contributed by atoms with Crippen molar-refractivity contribution in [3.63, 3.8) is 0 Å². The van der Waals surface area contributed by atoms with Gasteiger partial charge < -0.3 is 25.2 Å². The Kier molecular flexibility index (Phi) is 6.27. The first-order valence-electron chi connectivity index (χ1n) is 7.32. The Balaban J connectivity index is 2.02. The average Bonchev–Trinajstić information content (AvgIpc) is 2.56. The van der Waals surface area contributed by atoms with Crippen molar-refractivity contribution in [2.24, 2.45) is 0 Å². The molecule has 0 saturated carbocycles. The Morgan fingerprint density at radius 2 is 1.77 bits per heavy atom. The topological polar surface area (TPSA) is 103 Å². The van der Waals surface area contributed by atoms with Gasteiger partial charge in [-0.3, -0.25) is 4.84 Å². The van der Waals surface area contributed by atoms with E-state index in [0.717, 1.165) is 5.56 Å². The molecule has 1 aliphatic heterocycles. The van der Waals surface area contributed by atoms with Crippen LogP contribution in [0.2, 0.25) is 0 Å². The lowest BCUT2D eigenvalue weighted by Gasteiger charge is -2.43. The van der Waals surface area contributed by atoms with Crippen LogP contribution >= 0.6 is 0 Å². The lowest BCUT2D eigenvalue weighted by molar-refractivity contribution is -0.337. The molecule has 0 aliphatic carbocycles. The van der Waals surface area contributed by atoms with Crippen molar-refractivity contribution >= 4 is 0 Å². The minimum atomic E-state index is -1.41. The van der Waals surface area contributed by atoms with Gasteiger partial charge in [-0.1, -0.05) is 30.3 Å². The van der Waals surface area contributed by atoms with Crippen LogP contribution in [0.4, 0.5) is 0 Å². The summed E-state index contributed by atoms with van der Waals surface area (Å²) in [6.07, 6.45) is -6.04. The molecule has 0 amide bonds. The van der Waals surface area contributed by atoms with E-state index in [1.165, 1.54) is 5.06 Å². The van der Waals surface area contributed by atoms with Crippen LogP contribution in [-0.4, -0.2) is 69.3 Å². The number of hydrogen-bond donors (Lipinski definition) is 4. The van der Waals surface area contributed by atoms with Gasteiger partial charge in [0.15, 0.2) is 6.23 Å². The molecule has 7 heteroatoms. The van der Waals surface area contributed by atoms with E-state index in [4.69, 9.17) is 9.57 Å². The van der Waals surface area contributed by atoms with Gasteiger partial charge in [0.25, 0.3) is 0 Å². The third-order valence-corrected chi connectivity index (χ3v) is 3.70. The predicted octanol–water partition coefficient (Wildman–Crippen LogP) is -0.760. The number of nitrogens with zero attached hydrogens (tertiary/aromatic N) is 1. The van der Waals surface area contributed by atoms with Crippen molar-refractivity contribution in [2.45, 2.75) is 44.2 Å². The Morgan fingerprint density at radius 1 is 1.09 bits per heavy atom. The fourth-order valence-corrected chi connectivity index (χ4v) is 2.40. The maximum Gasteiger partial charge on any atom is 0.162 e. The number of ether oxygens (including phenoxy) is 1. The normalized spacial score (nSPS) is 32.4. The van der Waals surface area contributed by atoms with Crippen LogP contribution < -0.4 is 0 Å². The quantitative estimate of drug-likeness (QED) is 0.512. The van der Waals surface area contributed by atoms with Gasteiger partial charge in [0.05, 0.1) is 13.2 Å². The van der Waals surface area contributed by atoms with Crippen LogP contribution in [0.5, 0.6) is 0 Å². The number of aliphatic hydroxyl groups is 4. The summed E-state index contributed by atoms with van der Waals surface area (Å²) in [5.74, 6) is 0. The Morgan fingerprint density at radius 3 is 2.36 bits per heavy atom. The maximum atomic E-state index is 10.1. The highest BCUT2D eigenvalue weighted by molar-refractivity contribution is 5.13. The van der Waals surface area contributed by atoms with Gasteiger partial charge in [0.1, 0.15) is 24.4 Å². The van der Waals surface area contributed by atoms with Crippen LogP contribution in [0.3, 0.4) is 0 Å². The molecular formula is C15H23NO6. The first kappa shape index (κ1) is 17.3. The molecule has 7 nitrogen and oxygen atoms in total. The summed E-state index contributed by atoms with van der Waals surface area (Å²) in [4.78, 5) is 5.64. The first-order chi connectivity index (χ1) is 10.6. The zero-order valence-electron chi connectivity index (χ0n) is 12.4. The highest BCUT2D eigenvalue weighted by Gasteiger charge is 2.45. The molecule has 0 radical (unpaired) electrons. The number of benzene rings is 1. The van der Waals surface area contributed by atoms with E-state index < -0.39 is 37.3 Å². The van der Waals surface area contributed by atoms with Crippen molar-refractivity contribution in [3.8, 4) is 0 Å². The van der Waals surface area contributed by atoms with Gasteiger partial charge >= 0.3 is 0 Å². The van der Waals surface area contributed by atoms with E-state index in [-0.39, 0.29) is 6.61 Å². The Hall–Kier alpha value is -1.06. The molecule has 0 aromatic heterocycles. The molecule has 4 N–H and O–H groups in total. The molecule has 1 aromatic carbocycles. The molecule has 0 spiro atoms. The molecule has 1 saturated heterocycles. The summed E-state index contributed by atoms with van der Waals surface area (Å²) in [5.41, 5.74) is 0.950. The van der Waals surface area contributed by atoms with Gasteiger partial charge in [0.2, 0.25) is 0 Å². The van der Waals surface area contributed by atoms with Crippen molar-refractivity contribution in [2.75, 3.05) is 13.2 Å². The Labute approximate surface area is 129 Å². The van der Waals surface area contributed by atoms with Crippen LogP contribution in [0.1, 0.15) is 12.5 Å². The number of likely N-dealkylation sites (N-methyl/N-ethyl adjacent to an activating group) is 1. The average molecular weight is 313 g/mol. The number of hydroxylamine groups is 2. The Bertz CT molecular complexity index is 443. The number of rotatable bonds is 6. The van der Waals surface area contributed by atoms with Crippen molar-refractivity contribution in [3.05, 3.63) is 35.9 Å². The SMILES string of the molecule is CCN(OCc1ccccc1)[C@@H]1O[C@H](CO)[C@@H](O)[C@H](O)[C@H]1O. The molecule has 5 atom stereocenters. The summed E-state index contributed by atoms with van der Waals surface area (Å²) in [5, 5.41) is 40.3. The van der Waals surface area contributed by atoms with Crippen molar-refractivity contribution in [1.29, 1.82) is 0 Å². The molecule has 124 valence electrons. The second kappa shape index (κ2) is 7.98. The summed E-state index contributed by atoms with van der Waals surface area (Å²) >= 11 is 0. The lowest BCUT2D eigenvalue weighted by atomic mass is 9.98. The van der Waals surface area contributed by atoms with Crippen LogP contribution in [0.15, 0.2) is 30.3 Å². The number of hydrogen-bond acceptors (Lipinski definition) is 7.